The van der Waals surface area contributed by atoms with Crippen LogP contribution in [-0.2, 0) is 4.79 Å². The standard InChI is InChI=1S/C16H14F2N2O5/c1-9(16(21)19-10-3-5-12(17)13(18)7-10)25-15-8-11(20(22)23)4-6-14(15)24-2/h3-9H,1-2H3,(H,19,21). The predicted octanol–water partition coefficient (Wildman–Crippen LogP) is 3.29. The lowest BCUT2D eigenvalue weighted by atomic mass is 10.2. The van der Waals surface area contributed by atoms with E-state index in [-0.39, 0.29) is 22.9 Å². The molecule has 25 heavy (non-hydrogen) atoms. The molecule has 0 bridgehead atoms. The summed E-state index contributed by atoms with van der Waals surface area (Å²) in [4.78, 5) is 22.3. The molecule has 0 aliphatic rings. The summed E-state index contributed by atoms with van der Waals surface area (Å²) in [6, 6.07) is 6.59. The van der Waals surface area contributed by atoms with E-state index >= 15 is 0 Å². The van der Waals surface area contributed by atoms with Crippen LogP contribution in [0.4, 0.5) is 20.2 Å². The van der Waals surface area contributed by atoms with E-state index in [0.717, 1.165) is 18.2 Å². The summed E-state index contributed by atoms with van der Waals surface area (Å²) in [5.74, 6) is -2.59. The molecule has 0 aliphatic carbocycles. The first-order chi connectivity index (χ1) is 11.8. The highest BCUT2D eigenvalue weighted by Gasteiger charge is 2.20. The van der Waals surface area contributed by atoms with Crippen LogP contribution in [0.2, 0.25) is 0 Å². The first kappa shape index (κ1) is 18.1. The van der Waals surface area contributed by atoms with Gasteiger partial charge in [0, 0.05) is 17.8 Å². The zero-order valence-electron chi connectivity index (χ0n) is 13.3. The van der Waals surface area contributed by atoms with Gasteiger partial charge in [0.2, 0.25) is 0 Å². The number of hydrogen-bond donors (Lipinski definition) is 1. The fourth-order valence-corrected chi connectivity index (χ4v) is 1.93. The number of non-ortho nitro benzene ring substituents is 1. The highest BCUT2D eigenvalue weighted by molar-refractivity contribution is 5.94. The Balaban J connectivity index is 2.13. The van der Waals surface area contributed by atoms with Crippen molar-refractivity contribution < 1.29 is 28.0 Å². The van der Waals surface area contributed by atoms with E-state index in [1.807, 2.05) is 0 Å². The molecule has 0 heterocycles. The monoisotopic (exact) mass is 352 g/mol. The average Bonchev–Trinajstić information content (AvgIpc) is 2.57. The van der Waals surface area contributed by atoms with Crippen molar-refractivity contribution in [2.75, 3.05) is 12.4 Å². The predicted molar refractivity (Wildman–Crippen MR) is 84.7 cm³/mol. The van der Waals surface area contributed by atoms with Gasteiger partial charge in [-0.3, -0.25) is 14.9 Å². The minimum Gasteiger partial charge on any atom is -0.493 e. The lowest BCUT2D eigenvalue weighted by molar-refractivity contribution is -0.385. The Bertz CT molecular complexity index is 813. The van der Waals surface area contributed by atoms with Gasteiger partial charge in [-0.25, -0.2) is 8.78 Å². The molecule has 2 aromatic rings. The quantitative estimate of drug-likeness (QED) is 0.636. The Morgan fingerprint density at radius 3 is 2.48 bits per heavy atom. The van der Waals surface area contributed by atoms with Crippen LogP contribution in [0.3, 0.4) is 0 Å². The third-order valence-corrected chi connectivity index (χ3v) is 3.22. The maximum Gasteiger partial charge on any atom is 0.273 e. The Morgan fingerprint density at radius 2 is 1.88 bits per heavy atom. The van der Waals surface area contributed by atoms with E-state index in [2.05, 4.69) is 5.32 Å². The Labute approximate surface area is 141 Å². The number of methoxy groups -OCH3 is 1. The van der Waals surface area contributed by atoms with Crippen LogP contribution in [0.15, 0.2) is 36.4 Å². The van der Waals surface area contributed by atoms with E-state index in [1.165, 1.54) is 32.2 Å². The van der Waals surface area contributed by atoms with Crippen LogP contribution in [0.25, 0.3) is 0 Å². The van der Waals surface area contributed by atoms with Gasteiger partial charge in [-0.1, -0.05) is 0 Å². The van der Waals surface area contributed by atoms with Gasteiger partial charge < -0.3 is 14.8 Å². The summed E-state index contributed by atoms with van der Waals surface area (Å²) in [6.07, 6.45) is -1.08. The van der Waals surface area contributed by atoms with E-state index in [9.17, 15) is 23.7 Å². The first-order valence-electron chi connectivity index (χ1n) is 7.07. The largest absolute Gasteiger partial charge is 0.493 e. The molecule has 1 unspecified atom stereocenters. The van der Waals surface area contributed by atoms with E-state index < -0.39 is 28.6 Å². The van der Waals surface area contributed by atoms with Crippen LogP contribution in [0, 0.1) is 21.7 Å². The van der Waals surface area contributed by atoms with Crippen molar-refractivity contribution in [3.63, 3.8) is 0 Å². The molecule has 0 radical (unpaired) electrons. The number of carbonyl (C=O) groups is 1. The molecule has 0 saturated heterocycles. The number of halogens is 2. The van der Waals surface area contributed by atoms with Crippen LogP contribution >= 0.6 is 0 Å². The van der Waals surface area contributed by atoms with E-state index in [4.69, 9.17) is 9.47 Å². The summed E-state index contributed by atoms with van der Waals surface area (Å²) in [5, 5.41) is 13.2. The van der Waals surface area contributed by atoms with Crippen LogP contribution in [-0.4, -0.2) is 24.0 Å². The second-order valence-electron chi connectivity index (χ2n) is 4.97. The third-order valence-electron chi connectivity index (χ3n) is 3.22. The summed E-state index contributed by atoms with van der Waals surface area (Å²) < 4.78 is 36.5. The summed E-state index contributed by atoms with van der Waals surface area (Å²) >= 11 is 0. The molecular formula is C16H14F2N2O5. The molecule has 0 saturated carbocycles. The number of carbonyl (C=O) groups excluding carboxylic acids is 1. The highest BCUT2D eigenvalue weighted by Crippen LogP contribution is 2.32. The van der Waals surface area contributed by atoms with Crippen molar-refractivity contribution >= 4 is 17.3 Å². The number of benzene rings is 2. The maximum absolute atomic E-state index is 13.2. The van der Waals surface area contributed by atoms with Crippen molar-refractivity contribution in [3.05, 3.63) is 58.1 Å². The summed E-state index contributed by atoms with van der Waals surface area (Å²) in [7, 11) is 1.35. The average molecular weight is 352 g/mol. The van der Waals surface area contributed by atoms with Crippen molar-refractivity contribution in [3.8, 4) is 11.5 Å². The molecule has 2 rings (SSSR count). The van der Waals surface area contributed by atoms with Gasteiger partial charge >= 0.3 is 0 Å². The zero-order chi connectivity index (χ0) is 18.6. The first-order valence-corrected chi connectivity index (χ1v) is 7.07. The van der Waals surface area contributed by atoms with E-state index in [0.29, 0.717) is 0 Å². The lowest BCUT2D eigenvalue weighted by Crippen LogP contribution is -2.30. The molecule has 9 heteroatoms. The molecule has 0 aliphatic heterocycles. The number of amides is 1. The highest BCUT2D eigenvalue weighted by atomic mass is 19.2. The number of hydrogen-bond acceptors (Lipinski definition) is 5. The molecule has 1 N–H and O–H groups in total. The smallest absolute Gasteiger partial charge is 0.273 e. The molecule has 2 aromatic carbocycles. The van der Waals surface area contributed by atoms with Crippen LogP contribution in [0.5, 0.6) is 11.5 Å². The van der Waals surface area contributed by atoms with E-state index in [1.54, 1.807) is 0 Å². The fourth-order valence-electron chi connectivity index (χ4n) is 1.93. The summed E-state index contributed by atoms with van der Waals surface area (Å²) in [6.45, 7) is 1.40. The normalized spacial score (nSPS) is 11.5. The molecular weight excluding hydrogens is 338 g/mol. The SMILES string of the molecule is COc1ccc([N+](=O)[O-])cc1OC(C)C(=O)Nc1ccc(F)c(F)c1. The van der Waals surface area contributed by atoms with Gasteiger partial charge in [0.25, 0.3) is 11.6 Å². The van der Waals surface area contributed by atoms with Gasteiger partial charge in [0.1, 0.15) is 0 Å². The number of anilines is 1. The third kappa shape index (κ3) is 4.40. The summed E-state index contributed by atoms with van der Waals surface area (Å²) in [5.41, 5.74) is -0.186. The number of ether oxygens (including phenoxy) is 2. The second-order valence-corrected chi connectivity index (χ2v) is 4.97. The lowest BCUT2D eigenvalue weighted by Gasteiger charge is -2.16. The molecule has 0 spiro atoms. The number of rotatable bonds is 6. The van der Waals surface area contributed by atoms with Gasteiger partial charge in [-0.2, -0.15) is 0 Å². The molecule has 132 valence electrons. The van der Waals surface area contributed by atoms with Gasteiger partial charge in [-0.05, 0) is 25.1 Å². The molecule has 7 nitrogen and oxygen atoms in total. The topological polar surface area (TPSA) is 90.7 Å². The van der Waals surface area contributed by atoms with Crippen LogP contribution < -0.4 is 14.8 Å². The Morgan fingerprint density at radius 1 is 1.16 bits per heavy atom. The van der Waals surface area contributed by atoms with Crippen molar-refractivity contribution in [2.45, 2.75) is 13.0 Å². The minimum atomic E-state index is -1.10. The molecule has 1 amide bonds. The van der Waals surface area contributed by atoms with Crippen molar-refractivity contribution in [1.29, 1.82) is 0 Å². The van der Waals surface area contributed by atoms with Gasteiger partial charge in [0.15, 0.2) is 29.2 Å². The van der Waals surface area contributed by atoms with Crippen molar-refractivity contribution in [2.24, 2.45) is 0 Å². The maximum atomic E-state index is 13.2. The minimum absolute atomic E-state index is 0.00429. The molecule has 0 fully saturated rings. The number of nitro groups is 1. The molecule has 0 aromatic heterocycles. The van der Waals surface area contributed by atoms with Gasteiger partial charge in [-0.15, -0.1) is 0 Å². The Hall–Kier alpha value is -3.23. The van der Waals surface area contributed by atoms with Crippen LogP contribution in [0.1, 0.15) is 6.92 Å². The zero-order valence-corrected chi connectivity index (χ0v) is 13.3. The Kier molecular flexibility index (Phi) is 5.48. The fraction of sp³-hybridized carbons (Fsp3) is 0.188. The second kappa shape index (κ2) is 7.56. The number of nitrogens with one attached hydrogen (secondary N) is 1. The molecule has 1 atom stereocenters. The number of nitrogens with zero attached hydrogens (tertiary/aromatic N) is 1. The number of nitro benzene ring substituents is 1. The van der Waals surface area contributed by atoms with Crippen molar-refractivity contribution in [1.82, 2.24) is 0 Å². The van der Waals surface area contributed by atoms with Gasteiger partial charge in [0.05, 0.1) is 18.1 Å².